The molecule has 2 heteroatoms. The SMILES string of the molecule is CCCC(C)C1OCc2ccccc2O1. The van der Waals surface area contributed by atoms with Crippen molar-refractivity contribution in [3.05, 3.63) is 29.8 Å². The monoisotopic (exact) mass is 206 g/mol. The fourth-order valence-corrected chi connectivity index (χ4v) is 1.94. The van der Waals surface area contributed by atoms with Crippen LogP contribution >= 0.6 is 0 Å². The van der Waals surface area contributed by atoms with Crippen LogP contribution in [0.3, 0.4) is 0 Å². The van der Waals surface area contributed by atoms with Crippen molar-refractivity contribution in [1.29, 1.82) is 0 Å². The fourth-order valence-electron chi connectivity index (χ4n) is 1.94. The maximum atomic E-state index is 5.82. The van der Waals surface area contributed by atoms with E-state index >= 15 is 0 Å². The Kier molecular flexibility index (Phi) is 3.27. The highest BCUT2D eigenvalue weighted by molar-refractivity contribution is 5.33. The lowest BCUT2D eigenvalue weighted by Gasteiger charge is -2.30. The van der Waals surface area contributed by atoms with E-state index < -0.39 is 0 Å². The van der Waals surface area contributed by atoms with Gasteiger partial charge in [-0.15, -0.1) is 0 Å². The third-order valence-electron chi connectivity index (χ3n) is 2.83. The molecule has 0 radical (unpaired) electrons. The summed E-state index contributed by atoms with van der Waals surface area (Å²) >= 11 is 0. The normalized spacial score (nSPS) is 21.6. The Morgan fingerprint density at radius 1 is 1.40 bits per heavy atom. The molecule has 0 amide bonds. The standard InChI is InChI=1S/C13H18O2/c1-3-6-10(2)13-14-9-11-7-4-5-8-12(11)15-13/h4-5,7-8,10,13H,3,6,9H2,1-2H3. The van der Waals surface area contributed by atoms with Gasteiger partial charge in [0.1, 0.15) is 5.75 Å². The number of hydrogen-bond acceptors (Lipinski definition) is 2. The molecule has 1 aliphatic rings. The molecule has 1 aliphatic heterocycles. The van der Waals surface area contributed by atoms with Gasteiger partial charge >= 0.3 is 0 Å². The van der Waals surface area contributed by atoms with E-state index in [1.165, 1.54) is 6.42 Å². The minimum atomic E-state index is -0.0696. The molecule has 1 aromatic carbocycles. The zero-order valence-corrected chi connectivity index (χ0v) is 9.40. The second-order valence-electron chi connectivity index (χ2n) is 4.17. The van der Waals surface area contributed by atoms with Crippen LogP contribution in [0, 0.1) is 5.92 Å². The summed E-state index contributed by atoms with van der Waals surface area (Å²) in [5, 5.41) is 0. The fraction of sp³-hybridized carbons (Fsp3) is 0.538. The summed E-state index contributed by atoms with van der Waals surface area (Å²) in [5.74, 6) is 1.44. The predicted octanol–water partition coefficient (Wildman–Crippen LogP) is 3.36. The second kappa shape index (κ2) is 4.67. The van der Waals surface area contributed by atoms with Crippen molar-refractivity contribution in [3.63, 3.8) is 0 Å². The Hall–Kier alpha value is -1.02. The quantitative estimate of drug-likeness (QED) is 0.755. The van der Waals surface area contributed by atoms with Crippen LogP contribution in [0.15, 0.2) is 24.3 Å². The molecule has 1 aromatic rings. The summed E-state index contributed by atoms with van der Waals surface area (Å²) in [6.45, 7) is 5.05. The Bertz CT molecular complexity index is 322. The second-order valence-corrected chi connectivity index (χ2v) is 4.17. The number of rotatable bonds is 3. The Morgan fingerprint density at radius 3 is 3.00 bits per heavy atom. The number of benzene rings is 1. The lowest BCUT2D eigenvalue weighted by molar-refractivity contribution is -0.137. The van der Waals surface area contributed by atoms with E-state index in [2.05, 4.69) is 19.9 Å². The van der Waals surface area contributed by atoms with Crippen molar-refractivity contribution in [3.8, 4) is 5.75 Å². The first-order chi connectivity index (χ1) is 7.31. The summed E-state index contributed by atoms with van der Waals surface area (Å²) in [4.78, 5) is 0. The molecular formula is C13H18O2. The Labute approximate surface area is 91.2 Å². The van der Waals surface area contributed by atoms with Gasteiger partial charge in [-0.25, -0.2) is 0 Å². The number of fused-ring (bicyclic) bond motifs is 1. The molecule has 0 bridgehead atoms. The van der Waals surface area contributed by atoms with E-state index in [1.807, 2.05) is 18.2 Å². The van der Waals surface area contributed by atoms with Crippen LogP contribution in [-0.4, -0.2) is 6.29 Å². The van der Waals surface area contributed by atoms with Crippen molar-refractivity contribution < 1.29 is 9.47 Å². The van der Waals surface area contributed by atoms with Gasteiger partial charge in [0.05, 0.1) is 6.61 Å². The summed E-state index contributed by atoms with van der Waals surface area (Å²) in [6.07, 6.45) is 2.25. The first-order valence-corrected chi connectivity index (χ1v) is 5.67. The molecule has 0 aliphatic carbocycles. The van der Waals surface area contributed by atoms with Gasteiger partial charge < -0.3 is 9.47 Å². The maximum absolute atomic E-state index is 5.82. The van der Waals surface area contributed by atoms with E-state index in [1.54, 1.807) is 0 Å². The van der Waals surface area contributed by atoms with Gasteiger partial charge in [0, 0.05) is 11.5 Å². The smallest absolute Gasteiger partial charge is 0.202 e. The highest BCUT2D eigenvalue weighted by Gasteiger charge is 2.24. The molecule has 2 rings (SSSR count). The largest absolute Gasteiger partial charge is 0.464 e. The van der Waals surface area contributed by atoms with Crippen molar-refractivity contribution in [1.82, 2.24) is 0 Å². The maximum Gasteiger partial charge on any atom is 0.202 e. The van der Waals surface area contributed by atoms with E-state index in [9.17, 15) is 0 Å². The lowest BCUT2D eigenvalue weighted by Crippen LogP contribution is -2.31. The van der Waals surface area contributed by atoms with E-state index in [0.717, 1.165) is 17.7 Å². The van der Waals surface area contributed by atoms with Gasteiger partial charge in [0.15, 0.2) is 0 Å². The molecule has 0 saturated carbocycles. The van der Waals surface area contributed by atoms with Gasteiger partial charge in [-0.2, -0.15) is 0 Å². The molecular weight excluding hydrogens is 188 g/mol. The van der Waals surface area contributed by atoms with E-state index in [-0.39, 0.29) is 6.29 Å². The molecule has 0 N–H and O–H groups in total. The third kappa shape index (κ3) is 2.32. The zero-order valence-electron chi connectivity index (χ0n) is 9.40. The molecule has 0 aromatic heterocycles. The van der Waals surface area contributed by atoms with Crippen LogP contribution in [0.25, 0.3) is 0 Å². The van der Waals surface area contributed by atoms with Gasteiger partial charge in [0.25, 0.3) is 0 Å². The molecule has 2 unspecified atom stereocenters. The molecule has 2 nitrogen and oxygen atoms in total. The summed E-state index contributed by atoms with van der Waals surface area (Å²) < 4.78 is 11.5. The van der Waals surface area contributed by atoms with E-state index in [0.29, 0.717) is 12.5 Å². The topological polar surface area (TPSA) is 18.5 Å². The lowest BCUT2D eigenvalue weighted by atomic mass is 10.0. The van der Waals surface area contributed by atoms with Gasteiger partial charge in [-0.3, -0.25) is 0 Å². The van der Waals surface area contributed by atoms with Crippen molar-refractivity contribution in [2.45, 2.75) is 39.6 Å². The van der Waals surface area contributed by atoms with Crippen LogP contribution in [0.1, 0.15) is 32.3 Å². The number of ether oxygens (including phenoxy) is 2. The van der Waals surface area contributed by atoms with Crippen LogP contribution in [-0.2, 0) is 11.3 Å². The molecule has 15 heavy (non-hydrogen) atoms. The average Bonchev–Trinajstić information content (AvgIpc) is 2.29. The average molecular weight is 206 g/mol. The first kappa shape index (κ1) is 10.5. The summed E-state index contributed by atoms with van der Waals surface area (Å²) in [5.41, 5.74) is 1.15. The Balaban J connectivity index is 2.05. The minimum absolute atomic E-state index is 0.0696. The van der Waals surface area contributed by atoms with Crippen molar-refractivity contribution in [2.75, 3.05) is 0 Å². The number of hydrogen-bond donors (Lipinski definition) is 0. The van der Waals surface area contributed by atoms with Gasteiger partial charge in [-0.1, -0.05) is 38.5 Å². The van der Waals surface area contributed by atoms with Crippen LogP contribution in [0.2, 0.25) is 0 Å². The Morgan fingerprint density at radius 2 is 2.20 bits per heavy atom. The van der Waals surface area contributed by atoms with E-state index in [4.69, 9.17) is 9.47 Å². The molecule has 0 saturated heterocycles. The van der Waals surface area contributed by atoms with Crippen LogP contribution < -0.4 is 4.74 Å². The predicted molar refractivity (Wildman–Crippen MR) is 59.7 cm³/mol. The zero-order chi connectivity index (χ0) is 10.7. The summed E-state index contributed by atoms with van der Waals surface area (Å²) in [6, 6.07) is 8.09. The molecule has 0 spiro atoms. The van der Waals surface area contributed by atoms with Crippen molar-refractivity contribution in [2.24, 2.45) is 5.92 Å². The number of para-hydroxylation sites is 1. The molecule has 1 heterocycles. The van der Waals surface area contributed by atoms with Gasteiger partial charge in [0.2, 0.25) is 6.29 Å². The third-order valence-corrected chi connectivity index (χ3v) is 2.83. The highest BCUT2D eigenvalue weighted by Crippen LogP contribution is 2.29. The minimum Gasteiger partial charge on any atom is -0.464 e. The molecule has 0 fully saturated rings. The molecule has 2 atom stereocenters. The summed E-state index contributed by atoms with van der Waals surface area (Å²) in [7, 11) is 0. The van der Waals surface area contributed by atoms with Gasteiger partial charge in [-0.05, 0) is 12.5 Å². The van der Waals surface area contributed by atoms with Crippen molar-refractivity contribution >= 4 is 0 Å². The molecule has 82 valence electrons. The highest BCUT2D eigenvalue weighted by atomic mass is 16.7. The van der Waals surface area contributed by atoms with Crippen LogP contribution in [0.4, 0.5) is 0 Å². The van der Waals surface area contributed by atoms with Crippen LogP contribution in [0.5, 0.6) is 5.75 Å². The first-order valence-electron chi connectivity index (χ1n) is 5.67.